The summed E-state index contributed by atoms with van der Waals surface area (Å²) in [6.07, 6.45) is 9.47. The van der Waals surface area contributed by atoms with E-state index < -0.39 is 0 Å². The van der Waals surface area contributed by atoms with Gasteiger partial charge in [0.1, 0.15) is 11.9 Å². The fourth-order valence-corrected chi connectivity index (χ4v) is 7.23. The highest BCUT2D eigenvalue weighted by Gasteiger charge is 2.67. The molecule has 7 rings (SSSR count). The van der Waals surface area contributed by atoms with E-state index in [2.05, 4.69) is 32.1 Å². The zero-order valence-corrected chi connectivity index (χ0v) is 22.8. The highest BCUT2D eigenvalue weighted by molar-refractivity contribution is 6.00. The van der Waals surface area contributed by atoms with E-state index in [9.17, 15) is 19.6 Å². The molecule has 40 heavy (non-hydrogen) atoms. The molecule has 2 bridgehead atoms. The van der Waals surface area contributed by atoms with Gasteiger partial charge in [-0.3, -0.25) is 14.6 Å². The Kier molecular flexibility index (Phi) is 6.32. The predicted molar refractivity (Wildman–Crippen MR) is 148 cm³/mol. The van der Waals surface area contributed by atoms with Crippen molar-refractivity contribution in [1.29, 1.82) is 5.26 Å². The minimum Gasteiger partial charge on any atom is -0.379 e. The Labute approximate surface area is 232 Å². The van der Waals surface area contributed by atoms with Crippen LogP contribution in [0.5, 0.6) is 0 Å². The SMILES string of the molecule is CNC(=O)C1CCC(NC(=O)c2cnc(-c3ccc4cc(C#N)cnn34)cc2NC23CC(CC(C)=O)(C2)C3)CC1. The Bertz CT molecular complexity index is 1540. The third-order valence-electron chi connectivity index (χ3n) is 8.88. The predicted octanol–water partition coefficient (Wildman–Crippen LogP) is 3.62. The molecule has 0 aliphatic heterocycles. The zero-order valence-electron chi connectivity index (χ0n) is 22.8. The van der Waals surface area contributed by atoms with E-state index in [4.69, 9.17) is 0 Å². The minimum atomic E-state index is -0.188. The van der Waals surface area contributed by atoms with Crippen molar-refractivity contribution in [2.75, 3.05) is 12.4 Å². The zero-order chi connectivity index (χ0) is 28.1. The molecule has 0 radical (unpaired) electrons. The van der Waals surface area contributed by atoms with Crippen LogP contribution in [0.3, 0.4) is 0 Å². The maximum atomic E-state index is 13.5. The molecule has 206 valence electrons. The van der Waals surface area contributed by atoms with Gasteiger partial charge in [0, 0.05) is 37.2 Å². The molecule has 0 saturated heterocycles. The summed E-state index contributed by atoms with van der Waals surface area (Å²) < 4.78 is 1.74. The Morgan fingerprint density at radius 2 is 1.85 bits per heavy atom. The molecule has 3 aromatic heterocycles. The smallest absolute Gasteiger partial charge is 0.255 e. The molecule has 10 nitrogen and oxygen atoms in total. The van der Waals surface area contributed by atoms with Gasteiger partial charge >= 0.3 is 0 Å². The van der Waals surface area contributed by atoms with E-state index in [0.717, 1.165) is 56.2 Å². The second-order valence-electron chi connectivity index (χ2n) is 12.0. The summed E-state index contributed by atoms with van der Waals surface area (Å²) in [6.45, 7) is 1.65. The molecule has 0 spiro atoms. The number of aromatic nitrogens is 3. The number of carbonyl (C=O) groups is 3. The van der Waals surface area contributed by atoms with Crippen LogP contribution in [-0.2, 0) is 9.59 Å². The van der Waals surface area contributed by atoms with Crippen molar-refractivity contribution in [3.63, 3.8) is 0 Å². The molecule has 0 unspecified atom stereocenters. The lowest BCUT2D eigenvalue weighted by Crippen LogP contribution is -2.71. The summed E-state index contributed by atoms with van der Waals surface area (Å²) in [5.41, 5.74) is 3.85. The van der Waals surface area contributed by atoms with Crippen LogP contribution in [0.1, 0.15) is 74.2 Å². The van der Waals surface area contributed by atoms with Crippen molar-refractivity contribution in [3.8, 4) is 17.5 Å². The van der Waals surface area contributed by atoms with Crippen molar-refractivity contribution < 1.29 is 14.4 Å². The van der Waals surface area contributed by atoms with Crippen LogP contribution >= 0.6 is 0 Å². The average Bonchev–Trinajstić information content (AvgIpc) is 3.34. The number of nitrogens with one attached hydrogen (secondary N) is 3. The van der Waals surface area contributed by atoms with Crippen molar-refractivity contribution in [3.05, 3.63) is 47.8 Å². The first-order valence-corrected chi connectivity index (χ1v) is 13.9. The van der Waals surface area contributed by atoms with Crippen LogP contribution in [0.15, 0.2) is 36.7 Å². The summed E-state index contributed by atoms with van der Waals surface area (Å²) in [5, 5.41) is 23.2. The van der Waals surface area contributed by atoms with Gasteiger partial charge in [-0.25, -0.2) is 4.52 Å². The van der Waals surface area contributed by atoms with Crippen molar-refractivity contribution >= 4 is 28.8 Å². The Balaban J connectivity index is 1.25. The van der Waals surface area contributed by atoms with Crippen LogP contribution in [0.4, 0.5) is 5.69 Å². The first kappa shape index (κ1) is 26.0. The number of rotatable bonds is 8. The number of anilines is 1. The van der Waals surface area contributed by atoms with E-state index in [1.165, 1.54) is 6.20 Å². The maximum Gasteiger partial charge on any atom is 0.255 e. The van der Waals surface area contributed by atoms with Crippen LogP contribution in [0.25, 0.3) is 16.9 Å². The molecule has 2 amide bonds. The number of hydrogen-bond donors (Lipinski definition) is 3. The van der Waals surface area contributed by atoms with E-state index in [1.807, 2.05) is 18.2 Å². The van der Waals surface area contributed by atoms with Gasteiger partial charge in [-0.05, 0) is 81.5 Å². The lowest BCUT2D eigenvalue weighted by atomic mass is 9.38. The molecule has 3 aromatic rings. The molecule has 4 fully saturated rings. The largest absolute Gasteiger partial charge is 0.379 e. The van der Waals surface area contributed by atoms with E-state index in [0.29, 0.717) is 28.9 Å². The molecular weight excluding hydrogens is 506 g/mol. The Morgan fingerprint density at radius 3 is 2.52 bits per heavy atom. The van der Waals surface area contributed by atoms with Gasteiger partial charge < -0.3 is 20.7 Å². The van der Waals surface area contributed by atoms with Gasteiger partial charge in [-0.2, -0.15) is 10.4 Å². The Morgan fingerprint density at radius 1 is 1.10 bits per heavy atom. The summed E-state index contributed by atoms with van der Waals surface area (Å²) in [7, 11) is 1.66. The topological polar surface area (TPSA) is 141 Å². The highest BCUT2D eigenvalue weighted by atomic mass is 16.2. The van der Waals surface area contributed by atoms with Crippen LogP contribution in [0.2, 0.25) is 0 Å². The first-order valence-electron chi connectivity index (χ1n) is 13.9. The molecule has 10 heteroatoms. The fraction of sp³-hybridized carbons (Fsp3) is 0.467. The molecular formula is C30H33N7O3. The van der Waals surface area contributed by atoms with Gasteiger partial charge in [0.25, 0.3) is 5.91 Å². The summed E-state index contributed by atoms with van der Waals surface area (Å²) in [5.74, 6) is 0.0932. The number of nitriles is 1. The molecule has 3 heterocycles. The molecule has 3 N–H and O–H groups in total. The van der Waals surface area contributed by atoms with Crippen LogP contribution in [0, 0.1) is 22.7 Å². The lowest BCUT2D eigenvalue weighted by Gasteiger charge is -2.71. The molecule has 0 atom stereocenters. The van der Waals surface area contributed by atoms with Gasteiger partial charge in [-0.15, -0.1) is 0 Å². The second kappa shape index (κ2) is 9.73. The highest BCUT2D eigenvalue weighted by Crippen LogP contribution is 2.70. The summed E-state index contributed by atoms with van der Waals surface area (Å²) in [4.78, 5) is 41.9. The van der Waals surface area contributed by atoms with E-state index >= 15 is 0 Å². The summed E-state index contributed by atoms with van der Waals surface area (Å²) >= 11 is 0. The molecule has 4 aliphatic rings. The quantitative estimate of drug-likeness (QED) is 0.397. The van der Waals surface area contributed by atoms with Crippen molar-refractivity contribution in [1.82, 2.24) is 25.2 Å². The number of pyridine rings is 1. The number of Topliss-reactive ketones (excluding diaryl/α,β-unsaturated/α-hetero) is 1. The van der Waals surface area contributed by atoms with E-state index in [-0.39, 0.29) is 40.5 Å². The first-order chi connectivity index (χ1) is 19.2. The van der Waals surface area contributed by atoms with Crippen LogP contribution < -0.4 is 16.0 Å². The van der Waals surface area contributed by atoms with Gasteiger partial charge in [0.05, 0.1) is 39.9 Å². The number of carbonyl (C=O) groups excluding carboxylic acids is 3. The number of amides is 2. The normalized spacial score (nSPS) is 26.6. The fourth-order valence-electron chi connectivity index (χ4n) is 7.23. The molecule has 0 aromatic carbocycles. The van der Waals surface area contributed by atoms with Crippen molar-refractivity contribution in [2.45, 2.75) is 69.9 Å². The number of fused-ring (bicyclic) bond motifs is 1. The van der Waals surface area contributed by atoms with Crippen molar-refractivity contribution in [2.24, 2.45) is 11.3 Å². The average molecular weight is 540 g/mol. The third kappa shape index (κ3) is 4.59. The summed E-state index contributed by atoms with van der Waals surface area (Å²) in [6, 6.07) is 9.58. The maximum absolute atomic E-state index is 13.5. The van der Waals surface area contributed by atoms with Gasteiger partial charge in [0.15, 0.2) is 0 Å². The lowest BCUT2D eigenvalue weighted by molar-refractivity contribution is -0.144. The van der Waals surface area contributed by atoms with Gasteiger partial charge in [0.2, 0.25) is 5.91 Å². The third-order valence-corrected chi connectivity index (χ3v) is 8.88. The molecule has 4 aliphatic carbocycles. The van der Waals surface area contributed by atoms with Crippen LogP contribution in [-0.4, -0.2) is 50.8 Å². The minimum absolute atomic E-state index is 0.00218. The number of nitrogens with zero attached hydrogens (tertiary/aromatic N) is 4. The molecule has 4 saturated carbocycles. The monoisotopic (exact) mass is 539 g/mol. The standard InChI is InChI=1S/C30H33N7O3/c1-18(38)11-29-15-30(16-29,17-29)36-24-10-25(26-8-7-22-9-19(12-31)13-34-37(22)26)33-14-23(24)28(40)35-21-5-3-20(4-6-21)27(39)32-2/h7-10,13-14,20-21H,3-6,11,15-17H2,1-2H3,(H,32,39)(H,33,36)(H,35,40). The number of hydrogen-bond acceptors (Lipinski definition) is 7. The van der Waals surface area contributed by atoms with Gasteiger partial charge in [-0.1, -0.05) is 0 Å². The Hall–Kier alpha value is -4.26. The number of ketones is 1. The van der Waals surface area contributed by atoms with E-state index in [1.54, 1.807) is 30.8 Å². The second-order valence-corrected chi connectivity index (χ2v) is 12.0.